The first-order valence-electron chi connectivity index (χ1n) is 3.68. The number of hydrogen-bond acceptors (Lipinski definition) is 2. The second kappa shape index (κ2) is 3.11. The van der Waals surface area contributed by atoms with E-state index in [4.69, 9.17) is 11.6 Å². The van der Waals surface area contributed by atoms with Crippen molar-refractivity contribution in [3.63, 3.8) is 0 Å². The molecule has 0 radical (unpaired) electrons. The lowest BCUT2D eigenvalue weighted by atomic mass is 9.87. The molecule has 0 bridgehead atoms. The number of aromatic nitrogens is 1. The third kappa shape index (κ3) is 1.94. The quantitative estimate of drug-likeness (QED) is 0.694. The Balaban J connectivity index is 2.92. The van der Waals surface area contributed by atoms with Gasteiger partial charge in [-0.15, -0.1) is 11.3 Å². The monoisotopic (exact) mass is 189 g/mol. The lowest BCUT2D eigenvalue weighted by Crippen LogP contribution is -2.15. The third-order valence-corrected chi connectivity index (χ3v) is 3.03. The van der Waals surface area contributed by atoms with Crippen LogP contribution in [-0.2, 0) is 5.41 Å². The highest BCUT2D eigenvalue weighted by atomic mass is 35.5. The molecular formula is C8H12ClNS. The fourth-order valence-corrected chi connectivity index (χ4v) is 1.70. The summed E-state index contributed by atoms with van der Waals surface area (Å²) in [4.78, 5) is 4.24. The second-order valence-electron chi connectivity index (χ2n) is 3.22. The van der Waals surface area contributed by atoms with E-state index in [1.165, 1.54) is 11.3 Å². The molecular weight excluding hydrogens is 178 g/mol. The maximum Gasteiger partial charge on any atom is 0.183 e. The van der Waals surface area contributed by atoms with E-state index in [2.05, 4.69) is 25.8 Å². The predicted molar refractivity (Wildman–Crippen MR) is 50.4 cm³/mol. The zero-order chi connectivity index (χ0) is 8.48. The summed E-state index contributed by atoms with van der Waals surface area (Å²) in [5, 5.41) is 2.03. The van der Waals surface area contributed by atoms with Crippen molar-refractivity contribution in [1.29, 1.82) is 0 Å². The van der Waals surface area contributed by atoms with Crippen molar-refractivity contribution < 1.29 is 0 Å². The molecule has 0 aromatic carbocycles. The molecule has 0 N–H and O–H groups in total. The highest BCUT2D eigenvalue weighted by Crippen LogP contribution is 2.29. The van der Waals surface area contributed by atoms with Gasteiger partial charge in [-0.3, -0.25) is 0 Å². The average Bonchev–Trinajstić information content (AvgIpc) is 2.36. The number of rotatable bonds is 2. The van der Waals surface area contributed by atoms with Crippen LogP contribution in [0.15, 0.2) is 5.38 Å². The first-order chi connectivity index (χ1) is 5.06. The van der Waals surface area contributed by atoms with Crippen LogP contribution in [0.2, 0.25) is 4.47 Å². The Labute approximate surface area is 76.4 Å². The van der Waals surface area contributed by atoms with Crippen LogP contribution in [-0.4, -0.2) is 4.98 Å². The van der Waals surface area contributed by atoms with Crippen LogP contribution in [0.4, 0.5) is 0 Å². The Morgan fingerprint density at radius 1 is 1.64 bits per heavy atom. The molecule has 0 saturated carbocycles. The van der Waals surface area contributed by atoms with Crippen LogP contribution in [0.1, 0.15) is 32.9 Å². The molecule has 0 amide bonds. The largest absolute Gasteiger partial charge is 0.229 e. The van der Waals surface area contributed by atoms with Gasteiger partial charge in [0.15, 0.2) is 4.47 Å². The molecule has 1 nitrogen and oxygen atoms in total. The van der Waals surface area contributed by atoms with Crippen LogP contribution in [0.3, 0.4) is 0 Å². The molecule has 1 aromatic rings. The molecule has 62 valence electrons. The average molecular weight is 190 g/mol. The summed E-state index contributed by atoms with van der Waals surface area (Å²) in [6.07, 6.45) is 1.09. The lowest BCUT2D eigenvalue weighted by Gasteiger charge is -2.19. The van der Waals surface area contributed by atoms with Gasteiger partial charge in [0.25, 0.3) is 0 Å². The molecule has 3 heteroatoms. The van der Waals surface area contributed by atoms with E-state index in [9.17, 15) is 0 Å². The van der Waals surface area contributed by atoms with Crippen molar-refractivity contribution in [2.24, 2.45) is 0 Å². The van der Waals surface area contributed by atoms with E-state index in [0.717, 1.165) is 12.1 Å². The normalized spacial score (nSPS) is 12.0. The van der Waals surface area contributed by atoms with E-state index in [1.54, 1.807) is 0 Å². The highest BCUT2D eigenvalue weighted by molar-refractivity contribution is 7.13. The second-order valence-corrected chi connectivity index (χ2v) is 4.66. The van der Waals surface area contributed by atoms with Crippen LogP contribution in [0.25, 0.3) is 0 Å². The van der Waals surface area contributed by atoms with E-state index in [0.29, 0.717) is 4.47 Å². The Hall–Kier alpha value is -0.0800. The van der Waals surface area contributed by atoms with Gasteiger partial charge in [0, 0.05) is 10.8 Å². The van der Waals surface area contributed by atoms with E-state index in [-0.39, 0.29) is 5.41 Å². The maximum atomic E-state index is 5.73. The van der Waals surface area contributed by atoms with E-state index >= 15 is 0 Å². The minimum atomic E-state index is 0.170. The van der Waals surface area contributed by atoms with E-state index in [1.807, 2.05) is 5.38 Å². The predicted octanol–water partition coefficient (Wildman–Crippen LogP) is 3.48. The zero-order valence-electron chi connectivity index (χ0n) is 7.02. The molecule has 0 fully saturated rings. The van der Waals surface area contributed by atoms with Crippen LogP contribution < -0.4 is 0 Å². The molecule has 0 aliphatic heterocycles. The van der Waals surface area contributed by atoms with Crippen LogP contribution in [0, 0.1) is 0 Å². The first kappa shape index (κ1) is 9.01. The summed E-state index contributed by atoms with van der Waals surface area (Å²) in [5.41, 5.74) is 1.28. The van der Waals surface area contributed by atoms with Gasteiger partial charge in [-0.1, -0.05) is 32.4 Å². The summed E-state index contributed by atoms with van der Waals surface area (Å²) in [5.74, 6) is 0. The Morgan fingerprint density at radius 3 is 2.64 bits per heavy atom. The van der Waals surface area contributed by atoms with Crippen molar-refractivity contribution in [2.45, 2.75) is 32.6 Å². The molecule has 11 heavy (non-hydrogen) atoms. The van der Waals surface area contributed by atoms with Crippen molar-refractivity contribution in [3.8, 4) is 0 Å². The van der Waals surface area contributed by atoms with Gasteiger partial charge in [-0.05, 0) is 6.42 Å². The van der Waals surface area contributed by atoms with Gasteiger partial charge in [0.1, 0.15) is 0 Å². The minimum absolute atomic E-state index is 0.170. The standard InChI is InChI=1S/C8H12ClNS/c1-4-8(2,3)6-5-11-7(9)10-6/h5H,4H2,1-3H3. The van der Waals surface area contributed by atoms with Crippen molar-refractivity contribution in [2.75, 3.05) is 0 Å². The number of nitrogens with zero attached hydrogens (tertiary/aromatic N) is 1. The smallest absolute Gasteiger partial charge is 0.183 e. The molecule has 0 aliphatic carbocycles. The lowest BCUT2D eigenvalue weighted by molar-refractivity contribution is 0.493. The molecule has 1 heterocycles. The summed E-state index contributed by atoms with van der Waals surface area (Å²) in [6.45, 7) is 6.52. The SMILES string of the molecule is CCC(C)(C)c1csc(Cl)n1. The van der Waals surface area contributed by atoms with Crippen LogP contribution >= 0.6 is 22.9 Å². The number of halogens is 1. The number of thiazole rings is 1. The third-order valence-electron chi connectivity index (χ3n) is 2.05. The fourth-order valence-electron chi connectivity index (χ4n) is 0.744. The molecule has 0 spiro atoms. The Kier molecular flexibility index (Phi) is 2.55. The molecule has 0 unspecified atom stereocenters. The maximum absolute atomic E-state index is 5.73. The Morgan fingerprint density at radius 2 is 2.27 bits per heavy atom. The van der Waals surface area contributed by atoms with Gasteiger partial charge in [-0.2, -0.15) is 0 Å². The van der Waals surface area contributed by atoms with E-state index < -0.39 is 0 Å². The van der Waals surface area contributed by atoms with Gasteiger partial charge in [-0.25, -0.2) is 4.98 Å². The summed E-state index contributed by atoms with van der Waals surface area (Å²) >= 11 is 7.23. The number of hydrogen-bond donors (Lipinski definition) is 0. The molecule has 0 aliphatic rings. The summed E-state index contributed by atoms with van der Waals surface area (Å²) in [6, 6.07) is 0. The van der Waals surface area contributed by atoms with Gasteiger partial charge >= 0.3 is 0 Å². The highest BCUT2D eigenvalue weighted by Gasteiger charge is 2.20. The summed E-state index contributed by atoms with van der Waals surface area (Å²) < 4.78 is 0.640. The minimum Gasteiger partial charge on any atom is -0.229 e. The molecule has 1 rings (SSSR count). The summed E-state index contributed by atoms with van der Waals surface area (Å²) in [7, 11) is 0. The first-order valence-corrected chi connectivity index (χ1v) is 4.93. The molecule has 1 aromatic heterocycles. The topological polar surface area (TPSA) is 12.9 Å². The van der Waals surface area contributed by atoms with Gasteiger partial charge < -0.3 is 0 Å². The van der Waals surface area contributed by atoms with Crippen molar-refractivity contribution >= 4 is 22.9 Å². The molecule has 0 atom stereocenters. The van der Waals surface area contributed by atoms with Crippen molar-refractivity contribution in [3.05, 3.63) is 15.5 Å². The Bertz CT molecular complexity index is 242. The fraction of sp³-hybridized carbons (Fsp3) is 0.625. The molecule has 0 saturated heterocycles. The van der Waals surface area contributed by atoms with Gasteiger partial charge in [0.2, 0.25) is 0 Å². The van der Waals surface area contributed by atoms with Crippen molar-refractivity contribution in [1.82, 2.24) is 4.98 Å². The van der Waals surface area contributed by atoms with Gasteiger partial charge in [0.05, 0.1) is 5.69 Å². The van der Waals surface area contributed by atoms with Crippen LogP contribution in [0.5, 0.6) is 0 Å². The zero-order valence-corrected chi connectivity index (χ0v) is 8.59.